The number of fused-ring (bicyclic) bond motifs is 1. The Bertz CT molecular complexity index is 961. The molecule has 0 fully saturated rings. The second-order valence-electron chi connectivity index (χ2n) is 5.85. The fourth-order valence-electron chi connectivity index (χ4n) is 2.69. The third-order valence-electron chi connectivity index (χ3n) is 4.05. The predicted octanol–water partition coefficient (Wildman–Crippen LogP) is 3.83. The van der Waals surface area contributed by atoms with E-state index in [0.717, 1.165) is 15.8 Å². The summed E-state index contributed by atoms with van der Waals surface area (Å²) in [6.45, 7) is 4.73. The number of anilines is 1. The second kappa shape index (κ2) is 8.30. The molecule has 0 bridgehead atoms. The van der Waals surface area contributed by atoms with Gasteiger partial charge in [0.1, 0.15) is 28.5 Å². The number of halogens is 1. The number of carbonyl (C=O) groups is 1. The molecule has 0 spiro atoms. The highest BCUT2D eigenvalue weighted by Crippen LogP contribution is 2.34. The minimum atomic E-state index is -0.391. The summed E-state index contributed by atoms with van der Waals surface area (Å²) >= 11 is 1.29. The largest absolute Gasteiger partial charge is 0.489 e. The van der Waals surface area contributed by atoms with E-state index in [-0.39, 0.29) is 18.3 Å². The van der Waals surface area contributed by atoms with E-state index in [1.807, 2.05) is 18.9 Å². The first-order chi connectivity index (χ1) is 13.0. The predicted molar refractivity (Wildman–Crippen MR) is 103 cm³/mol. The molecule has 8 heteroatoms. The van der Waals surface area contributed by atoms with Crippen molar-refractivity contribution >= 4 is 33.3 Å². The molecule has 0 radical (unpaired) electrons. The van der Waals surface area contributed by atoms with Crippen molar-refractivity contribution in [3.8, 4) is 5.75 Å². The Labute approximate surface area is 160 Å². The van der Waals surface area contributed by atoms with Crippen LogP contribution in [0, 0.1) is 12.7 Å². The Balaban J connectivity index is 1.79. The summed E-state index contributed by atoms with van der Waals surface area (Å²) in [5, 5.41) is 0.818. The number of ether oxygens (including phenoxy) is 2. The van der Waals surface area contributed by atoms with Crippen LogP contribution < -0.4 is 9.64 Å². The van der Waals surface area contributed by atoms with Crippen molar-refractivity contribution in [3.63, 3.8) is 0 Å². The zero-order valence-corrected chi connectivity index (χ0v) is 16.2. The average molecular weight is 389 g/mol. The number of hydrogen-bond acceptors (Lipinski definition) is 7. The van der Waals surface area contributed by atoms with Gasteiger partial charge in [-0.3, -0.25) is 0 Å². The highest BCUT2D eigenvalue weighted by Gasteiger charge is 2.21. The lowest BCUT2D eigenvalue weighted by molar-refractivity contribution is 0.0531. The Morgan fingerprint density at radius 1 is 1.30 bits per heavy atom. The lowest BCUT2D eigenvalue weighted by Crippen LogP contribution is -2.25. The molecule has 1 aromatic carbocycles. The summed E-state index contributed by atoms with van der Waals surface area (Å²) < 4.78 is 24.3. The van der Waals surface area contributed by atoms with Gasteiger partial charge in [-0.25, -0.2) is 19.2 Å². The van der Waals surface area contributed by atoms with Gasteiger partial charge in [-0.2, -0.15) is 0 Å². The Morgan fingerprint density at radius 2 is 2.07 bits per heavy atom. The van der Waals surface area contributed by atoms with Crippen molar-refractivity contribution in [2.75, 3.05) is 31.7 Å². The molecule has 3 aromatic rings. The number of thiophene rings is 1. The number of carbonyl (C=O) groups excluding carboxylic acids is 1. The van der Waals surface area contributed by atoms with Crippen molar-refractivity contribution in [1.82, 2.24) is 9.97 Å². The summed E-state index contributed by atoms with van der Waals surface area (Å²) in [4.78, 5) is 24.0. The fraction of sp³-hybridized carbons (Fsp3) is 0.316. The number of esters is 1. The molecule has 0 aliphatic heterocycles. The number of aryl methyl sites for hydroxylation is 1. The maximum atomic E-state index is 13.6. The Hall–Kier alpha value is -2.74. The third kappa shape index (κ3) is 4.00. The summed E-state index contributed by atoms with van der Waals surface area (Å²) in [7, 11) is 1.87. The van der Waals surface area contributed by atoms with Crippen LogP contribution in [0.1, 0.15) is 22.2 Å². The lowest BCUT2D eigenvalue weighted by Gasteiger charge is -2.19. The van der Waals surface area contributed by atoms with Crippen LogP contribution in [0.5, 0.6) is 5.75 Å². The van der Waals surface area contributed by atoms with Crippen molar-refractivity contribution in [2.45, 2.75) is 13.8 Å². The molecule has 142 valence electrons. The van der Waals surface area contributed by atoms with E-state index in [2.05, 4.69) is 9.97 Å². The van der Waals surface area contributed by atoms with Crippen molar-refractivity contribution in [2.24, 2.45) is 0 Å². The lowest BCUT2D eigenvalue weighted by atomic mass is 10.2. The highest BCUT2D eigenvalue weighted by molar-refractivity contribution is 7.20. The van der Waals surface area contributed by atoms with Crippen LogP contribution in [0.4, 0.5) is 10.2 Å². The van der Waals surface area contributed by atoms with Crippen LogP contribution >= 0.6 is 11.3 Å². The normalized spacial score (nSPS) is 10.8. The molecule has 0 saturated carbocycles. The van der Waals surface area contributed by atoms with Gasteiger partial charge in [0.25, 0.3) is 0 Å². The van der Waals surface area contributed by atoms with Crippen LogP contribution in [-0.2, 0) is 4.74 Å². The van der Waals surface area contributed by atoms with Crippen molar-refractivity contribution in [3.05, 3.63) is 46.9 Å². The number of rotatable bonds is 7. The number of likely N-dealkylation sites (N-methyl/N-ethyl adjacent to an activating group) is 1. The van der Waals surface area contributed by atoms with Gasteiger partial charge in [-0.1, -0.05) is 12.1 Å². The molecule has 27 heavy (non-hydrogen) atoms. The van der Waals surface area contributed by atoms with Gasteiger partial charge in [0.2, 0.25) is 0 Å². The summed E-state index contributed by atoms with van der Waals surface area (Å²) in [6, 6.07) is 6.29. The molecule has 0 saturated heterocycles. The molecule has 3 rings (SSSR count). The first-order valence-corrected chi connectivity index (χ1v) is 9.34. The van der Waals surface area contributed by atoms with Crippen LogP contribution in [0.15, 0.2) is 30.6 Å². The number of hydrogen-bond donors (Lipinski definition) is 0. The fourth-order valence-corrected chi connectivity index (χ4v) is 3.73. The second-order valence-corrected chi connectivity index (χ2v) is 6.85. The molecule has 0 amide bonds. The number of para-hydroxylation sites is 1. The maximum Gasteiger partial charge on any atom is 0.348 e. The van der Waals surface area contributed by atoms with E-state index in [9.17, 15) is 9.18 Å². The summed E-state index contributed by atoms with van der Waals surface area (Å²) in [6.07, 6.45) is 1.47. The summed E-state index contributed by atoms with van der Waals surface area (Å²) in [5.74, 6) is 0.170. The number of aromatic nitrogens is 2. The zero-order chi connectivity index (χ0) is 19.4. The van der Waals surface area contributed by atoms with E-state index in [1.165, 1.54) is 23.7 Å². The van der Waals surface area contributed by atoms with Crippen LogP contribution in [0.2, 0.25) is 0 Å². The van der Waals surface area contributed by atoms with Gasteiger partial charge in [0.05, 0.1) is 18.5 Å². The monoisotopic (exact) mass is 389 g/mol. The van der Waals surface area contributed by atoms with Gasteiger partial charge in [0, 0.05) is 7.05 Å². The van der Waals surface area contributed by atoms with Crippen LogP contribution in [0.25, 0.3) is 10.2 Å². The first kappa shape index (κ1) is 19.0. The van der Waals surface area contributed by atoms with Crippen LogP contribution in [-0.4, -0.2) is 42.7 Å². The quantitative estimate of drug-likeness (QED) is 0.572. The molecule has 6 nitrogen and oxygen atoms in total. The van der Waals surface area contributed by atoms with Crippen molar-refractivity contribution < 1.29 is 18.7 Å². The summed E-state index contributed by atoms with van der Waals surface area (Å²) in [5.41, 5.74) is 0.797. The van der Waals surface area contributed by atoms with E-state index in [0.29, 0.717) is 23.8 Å². The molecule has 2 aromatic heterocycles. The topological polar surface area (TPSA) is 64.5 Å². The van der Waals surface area contributed by atoms with E-state index in [4.69, 9.17) is 9.47 Å². The van der Waals surface area contributed by atoms with Gasteiger partial charge >= 0.3 is 5.97 Å². The number of benzene rings is 1. The van der Waals surface area contributed by atoms with Gasteiger partial charge in [-0.05, 0) is 31.5 Å². The molecule has 0 N–H and O–H groups in total. The standard InChI is InChI=1S/C19H20FN3O3S/c1-4-25-19(24)16-12(2)15-17(21-11-22-18(15)27-16)23(3)9-10-26-14-8-6-5-7-13(14)20/h5-8,11H,4,9-10H2,1-3H3. The van der Waals surface area contributed by atoms with Crippen molar-refractivity contribution in [1.29, 1.82) is 0 Å². The molecule has 0 aliphatic rings. The first-order valence-electron chi connectivity index (χ1n) is 8.52. The zero-order valence-electron chi connectivity index (χ0n) is 15.4. The molecular formula is C19H20FN3O3S. The molecule has 0 unspecified atom stereocenters. The Morgan fingerprint density at radius 3 is 2.81 bits per heavy atom. The smallest absolute Gasteiger partial charge is 0.348 e. The van der Waals surface area contributed by atoms with E-state index in [1.54, 1.807) is 25.1 Å². The van der Waals surface area contributed by atoms with Crippen LogP contribution in [0.3, 0.4) is 0 Å². The molecule has 0 aliphatic carbocycles. The molecule has 2 heterocycles. The minimum Gasteiger partial charge on any atom is -0.489 e. The van der Waals surface area contributed by atoms with Gasteiger partial charge < -0.3 is 14.4 Å². The van der Waals surface area contributed by atoms with Gasteiger partial charge in [-0.15, -0.1) is 11.3 Å². The van der Waals surface area contributed by atoms with E-state index < -0.39 is 5.82 Å². The SMILES string of the molecule is CCOC(=O)c1sc2ncnc(N(C)CCOc3ccccc3F)c2c1C. The third-order valence-corrected chi connectivity index (χ3v) is 5.23. The van der Waals surface area contributed by atoms with Gasteiger partial charge in [0.15, 0.2) is 11.6 Å². The number of nitrogens with zero attached hydrogens (tertiary/aromatic N) is 3. The van der Waals surface area contributed by atoms with E-state index >= 15 is 0 Å². The minimum absolute atomic E-state index is 0.218. The maximum absolute atomic E-state index is 13.6. The molecular weight excluding hydrogens is 369 g/mol. The highest BCUT2D eigenvalue weighted by atomic mass is 32.1. The molecule has 0 atom stereocenters. The average Bonchev–Trinajstić information content (AvgIpc) is 3.00. The Kier molecular flexibility index (Phi) is 5.85.